The number of aliphatic hydroxyl groups excluding tert-OH is 1. The molecule has 0 saturated carbocycles. The molecule has 0 radical (unpaired) electrons. The summed E-state index contributed by atoms with van der Waals surface area (Å²) in [5.41, 5.74) is 0.810. The summed E-state index contributed by atoms with van der Waals surface area (Å²) < 4.78 is 37.0. The molecule has 1 unspecified atom stereocenters. The SMILES string of the molecule is C[C@H](O)[C@@H](Nc1ccnc(C2CNc3ncc(Cl)cc32)n1)C(=O)NCC(F)(F)F. The third kappa shape index (κ3) is 5.24. The van der Waals surface area contributed by atoms with E-state index in [1.54, 1.807) is 11.4 Å². The van der Waals surface area contributed by atoms with E-state index in [2.05, 4.69) is 25.6 Å². The number of hydrogen-bond acceptors (Lipinski definition) is 7. The van der Waals surface area contributed by atoms with Crippen molar-refractivity contribution in [3.8, 4) is 0 Å². The van der Waals surface area contributed by atoms with Crippen LogP contribution in [-0.4, -0.2) is 57.4 Å². The van der Waals surface area contributed by atoms with E-state index < -0.39 is 30.8 Å². The highest BCUT2D eigenvalue weighted by Crippen LogP contribution is 2.34. The average Bonchev–Trinajstić information content (AvgIpc) is 3.06. The highest BCUT2D eigenvalue weighted by Gasteiger charge is 2.32. The van der Waals surface area contributed by atoms with Crippen LogP contribution in [0.4, 0.5) is 24.8 Å². The number of anilines is 2. The van der Waals surface area contributed by atoms with Crippen LogP contribution in [0.25, 0.3) is 0 Å². The lowest BCUT2D eigenvalue weighted by atomic mass is 10.0. The summed E-state index contributed by atoms with van der Waals surface area (Å²) in [5.74, 6) is 0.00922. The number of carbonyl (C=O) groups is 1. The van der Waals surface area contributed by atoms with Crippen LogP contribution in [0.15, 0.2) is 24.5 Å². The molecule has 2 aromatic rings. The maximum Gasteiger partial charge on any atom is 0.405 e. The number of nitrogens with zero attached hydrogens (tertiary/aromatic N) is 3. The number of alkyl halides is 3. The lowest BCUT2D eigenvalue weighted by Crippen LogP contribution is -2.48. The fourth-order valence-corrected chi connectivity index (χ4v) is 3.06. The van der Waals surface area contributed by atoms with Crippen molar-refractivity contribution in [2.75, 3.05) is 23.7 Å². The van der Waals surface area contributed by atoms with Crippen LogP contribution < -0.4 is 16.0 Å². The van der Waals surface area contributed by atoms with Gasteiger partial charge in [0.1, 0.15) is 30.0 Å². The Morgan fingerprint density at radius 3 is 2.90 bits per heavy atom. The molecule has 0 bridgehead atoms. The maximum atomic E-state index is 12.3. The molecule has 2 aromatic heterocycles. The first-order valence-electron chi connectivity index (χ1n) is 8.65. The molecule has 1 aliphatic rings. The topological polar surface area (TPSA) is 112 Å². The second-order valence-corrected chi connectivity index (χ2v) is 6.96. The molecule has 8 nitrogen and oxygen atoms in total. The number of carbonyl (C=O) groups excluding carboxylic acids is 1. The maximum absolute atomic E-state index is 12.3. The van der Waals surface area contributed by atoms with Crippen molar-refractivity contribution in [1.82, 2.24) is 20.3 Å². The minimum Gasteiger partial charge on any atom is -0.391 e. The third-order valence-electron chi connectivity index (χ3n) is 4.25. The van der Waals surface area contributed by atoms with Crippen LogP contribution in [0.3, 0.4) is 0 Å². The summed E-state index contributed by atoms with van der Waals surface area (Å²) in [4.78, 5) is 24.9. The Balaban J connectivity index is 1.77. The van der Waals surface area contributed by atoms with Gasteiger partial charge in [-0.05, 0) is 19.1 Å². The first-order valence-corrected chi connectivity index (χ1v) is 9.03. The lowest BCUT2D eigenvalue weighted by molar-refractivity contribution is -0.140. The number of amides is 1. The zero-order chi connectivity index (χ0) is 21.2. The van der Waals surface area contributed by atoms with Crippen molar-refractivity contribution < 1.29 is 23.1 Å². The number of nitrogens with one attached hydrogen (secondary N) is 3. The molecule has 0 spiro atoms. The molecule has 0 aromatic carbocycles. The van der Waals surface area contributed by atoms with Gasteiger partial charge in [0.2, 0.25) is 5.91 Å². The van der Waals surface area contributed by atoms with Gasteiger partial charge in [0.05, 0.1) is 17.0 Å². The zero-order valence-corrected chi connectivity index (χ0v) is 15.9. The van der Waals surface area contributed by atoms with Crippen LogP contribution in [0.1, 0.15) is 24.2 Å². The molecule has 3 atom stereocenters. The van der Waals surface area contributed by atoms with Crippen LogP contribution >= 0.6 is 11.6 Å². The number of hydrogen-bond donors (Lipinski definition) is 4. The summed E-state index contributed by atoms with van der Waals surface area (Å²) in [6.07, 6.45) is -2.85. The van der Waals surface area contributed by atoms with Crippen LogP contribution in [0, 0.1) is 0 Å². The molecule has 3 heterocycles. The molecule has 0 saturated heterocycles. The minimum absolute atomic E-state index is 0.187. The van der Waals surface area contributed by atoms with E-state index in [1.807, 2.05) is 0 Å². The number of aliphatic hydroxyl groups is 1. The Bertz CT molecular complexity index is 896. The molecule has 1 amide bonds. The summed E-state index contributed by atoms with van der Waals surface area (Å²) >= 11 is 6.01. The number of halogens is 4. The van der Waals surface area contributed by atoms with Crippen LogP contribution in [0.2, 0.25) is 5.02 Å². The Labute approximate surface area is 168 Å². The minimum atomic E-state index is -4.56. The lowest BCUT2D eigenvalue weighted by Gasteiger charge is -2.22. The van der Waals surface area contributed by atoms with E-state index >= 15 is 0 Å². The quantitative estimate of drug-likeness (QED) is 0.554. The van der Waals surface area contributed by atoms with Crippen molar-refractivity contribution in [2.45, 2.75) is 31.2 Å². The largest absolute Gasteiger partial charge is 0.405 e. The first-order chi connectivity index (χ1) is 13.6. The molecule has 4 N–H and O–H groups in total. The zero-order valence-electron chi connectivity index (χ0n) is 15.2. The Kier molecular flexibility index (Phi) is 6.08. The highest BCUT2D eigenvalue weighted by molar-refractivity contribution is 6.30. The van der Waals surface area contributed by atoms with E-state index in [1.165, 1.54) is 25.4 Å². The van der Waals surface area contributed by atoms with E-state index in [9.17, 15) is 23.1 Å². The van der Waals surface area contributed by atoms with Gasteiger partial charge >= 0.3 is 6.18 Å². The highest BCUT2D eigenvalue weighted by atomic mass is 35.5. The molecule has 1 aliphatic heterocycles. The van der Waals surface area contributed by atoms with E-state index in [-0.39, 0.29) is 11.7 Å². The van der Waals surface area contributed by atoms with Crippen LogP contribution in [-0.2, 0) is 4.79 Å². The Hall–Kier alpha value is -2.66. The third-order valence-corrected chi connectivity index (χ3v) is 4.46. The summed E-state index contributed by atoms with van der Waals surface area (Å²) in [6, 6.07) is 1.88. The standard InChI is InChI=1S/C17H18ClF3N6O2/c1-8(28)13(16(29)25-7-17(19,20)21)26-12-2-3-22-15(27-12)11-6-24-14-10(11)4-9(18)5-23-14/h2-5,8,11,13,28H,6-7H2,1H3,(H,23,24)(H,25,29)(H,22,26,27)/t8-,11?,13+/m0/s1. The van der Waals surface area contributed by atoms with Gasteiger partial charge < -0.3 is 21.1 Å². The van der Waals surface area contributed by atoms with Gasteiger partial charge in [0.15, 0.2) is 0 Å². The van der Waals surface area contributed by atoms with Crippen molar-refractivity contribution in [2.24, 2.45) is 0 Å². The van der Waals surface area contributed by atoms with Gasteiger partial charge in [-0.2, -0.15) is 13.2 Å². The number of fused-ring (bicyclic) bond motifs is 1. The summed E-state index contributed by atoms with van der Waals surface area (Å²) in [6.45, 7) is 0.278. The number of pyridine rings is 1. The van der Waals surface area contributed by atoms with E-state index in [0.717, 1.165) is 5.56 Å². The monoisotopic (exact) mass is 430 g/mol. The molecule has 0 fully saturated rings. The summed E-state index contributed by atoms with van der Waals surface area (Å²) in [5, 5.41) is 17.8. The van der Waals surface area contributed by atoms with Gasteiger partial charge in [-0.3, -0.25) is 4.79 Å². The predicted molar refractivity (Wildman–Crippen MR) is 99.8 cm³/mol. The molecular formula is C17H18ClF3N6O2. The van der Waals surface area contributed by atoms with Gasteiger partial charge in [-0.1, -0.05) is 11.6 Å². The van der Waals surface area contributed by atoms with E-state index in [4.69, 9.17) is 11.6 Å². The van der Waals surface area contributed by atoms with Crippen molar-refractivity contribution in [3.05, 3.63) is 40.9 Å². The van der Waals surface area contributed by atoms with Crippen molar-refractivity contribution in [3.63, 3.8) is 0 Å². The fraction of sp³-hybridized carbons (Fsp3) is 0.412. The average molecular weight is 431 g/mol. The smallest absolute Gasteiger partial charge is 0.391 e. The van der Waals surface area contributed by atoms with Crippen molar-refractivity contribution >= 4 is 29.1 Å². The van der Waals surface area contributed by atoms with Gasteiger partial charge in [-0.15, -0.1) is 0 Å². The molecule has 12 heteroatoms. The van der Waals surface area contributed by atoms with Gasteiger partial charge in [0.25, 0.3) is 0 Å². The van der Waals surface area contributed by atoms with Crippen LogP contribution in [0.5, 0.6) is 0 Å². The second-order valence-electron chi connectivity index (χ2n) is 6.52. The first kappa shape index (κ1) is 21.1. The Morgan fingerprint density at radius 1 is 1.45 bits per heavy atom. The Morgan fingerprint density at radius 2 is 2.21 bits per heavy atom. The molecule has 0 aliphatic carbocycles. The molecular weight excluding hydrogens is 413 g/mol. The number of rotatable bonds is 6. The molecule has 29 heavy (non-hydrogen) atoms. The number of aromatic nitrogens is 3. The van der Waals surface area contributed by atoms with Crippen molar-refractivity contribution in [1.29, 1.82) is 0 Å². The second kappa shape index (κ2) is 8.37. The fourth-order valence-electron chi connectivity index (χ4n) is 2.89. The molecule has 3 rings (SSSR count). The van der Waals surface area contributed by atoms with Gasteiger partial charge in [0, 0.05) is 24.5 Å². The summed E-state index contributed by atoms with van der Waals surface area (Å²) in [7, 11) is 0. The predicted octanol–water partition coefficient (Wildman–Crippen LogP) is 1.92. The normalized spacial score (nSPS) is 17.8. The molecule has 156 valence electrons. The van der Waals surface area contributed by atoms with Gasteiger partial charge in [-0.25, -0.2) is 15.0 Å². The van der Waals surface area contributed by atoms with E-state index in [0.29, 0.717) is 23.2 Å².